The summed E-state index contributed by atoms with van der Waals surface area (Å²) in [6.45, 7) is 4.02. The van der Waals surface area contributed by atoms with E-state index in [1.54, 1.807) is 0 Å². The minimum absolute atomic E-state index is 0.905. The molecule has 0 atom stereocenters. The first-order valence-corrected chi connectivity index (χ1v) is 6.59. The van der Waals surface area contributed by atoms with Crippen molar-refractivity contribution in [1.82, 2.24) is 15.1 Å². The van der Waals surface area contributed by atoms with Crippen molar-refractivity contribution in [3.63, 3.8) is 0 Å². The third kappa shape index (κ3) is 1.91. The molecule has 0 aliphatic carbocycles. The Kier molecular flexibility index (Phi) is 2.76. The highest BCUT2D eigenvalue weighted by molar-refractivity contribution is 9.10. The molecule has 88 valence electrons. The van der Waals surface area contributed by atoms with Crippen molar-refractivity contribution in [2.45, 2.75) is 19.9 Å². The summed E-state index contributed by atoms with van der Waals surface area (Å²) < 4.78 is 3.06. The Morgan fingerprint density at radius 1 is 1.29 bits per heavy atom. The van der Waals surface area contributed by atoms with Crippen LogP contribution in [0.2, 0.25) is 0 Å². The molecule has 0 fully saturated rings. The van der Waals surface area contributed by atoms with Gasteiger partial charge in [-0.1, -0.05) is 17.7 Å². The Morgan fingerprint density at radius 3 is 2.76 bits per heavy atom. The molecule has 1 aromatic carbocycles. The molecule has 0 spiro atoms. The van der Waals surface area contributed by atoms with Crippen molar-refractivity contribution in [3.8, 4) is 5.69 Å². The Balaban J connectivity index is 2.09. The number of hydrogen-bond acceptors (Lipinski definition) is 2. The van der Waals surface area contributed by atoms with Crippen molar-refractivity contribution < 1.29 is 0 Å². The van der Waals surface area contributed by atoms with E-state index in [0.717, 1.165) is 29.8 Å². The maximum absolute atomic E-state index is 4.68. The van der Waals surface area contributed by atoms with Gasteiger partial charge in [0.15, 0.2) is 0 Å². The fourth-order valence-corrected chi connectivity index (χ4v) is 2.78. The molecule has 0 saturated heterocycles. The predicted octanol–water partition coefficient (Wildman–Crippen LogP) is 2.59. The molecule has 2 aromatic rings. The van der Waals surface area contributed by atoms with E-state index >= 15 is 0 Å². The molecule has 2 heterocycles. The molecule has 0 unspecified atom stereocenters. The Hall–Kier alpha value is -1.13. The summed E-state index contributed by atoms with van der Waals surface area (Å²) in [5.41, 5.74) is 4.87. The van der Waals surface area contributed by atoms with Gasteiger partial charge in [-0.25, -0.2) is 4.68 Å². The zero-order chi connectivity index (χ0) is 11.8. The lowest BCUT2D eigenvalue weighted by molar-refractivity contribution is 0.634. The standard InChI is InChI=1S/C13H14BrN3/c1-9-2-4-10(5-3-9)17-13(14)11-8-15-7-6-12(11)16-17/h2-5,15H,6-8H2,1H3. The van der Waals surface area contributed by atoms with Gasteiger partial charge in [0.1, 0.15) is 4.60 Å². The van der Waals surface area contributed by atoms with E-state index in [0.29, 0.717) is 0 Å². The van der Waals surface area contributed by atoms with Crippen LogP contribution in [0.25, 0.3) is 5.69 Å². The van der Waals surface area contributed by atoms with Crippen molar-refractivity contribution in [2.75, 3.05) is 6.54 Å². The van der Waals surface area contributed by atoms with Crippen LogP contribution in [0.5, 0.6) is 0 Å². The lowest BCUT2D eigenvalue weighted by Crippen LogP contribution is -2.23. The minimum atomic E-state index is 0.905. The number of fused-ring (bicyclic) bond motifs is 1. The average Bonchev–Trinajstić information content (AvgIpc) is 2.69. The Morgan fingerprint density at radius 2 is 2.06 bits per heavy atom. The molecule has 17 heavy (non-hydrogen) atoms. The number of nitrogens with zero attached hydrogens (tertiary/aromatic N) is 2. The average molecular weight is 292 g/mol. The van der Waals surface area contributed by atoms with Crippen molar-refractivity contribution in [2.24, 2.45) is 0 Å². The lowest BCUT2D eigenvalue weighted by atomic mass is 10.1. The summed E-state index contributed by atoms with van der Waals surface area (Å²) in [5, 5.41) is 8.05. The summed E-state index contributed by atoms with van der Waals surface area (Å²) in [5.74, 6) is 0. The van der Waals surface area contributed by atoms with Gasteiger partial charge in [-0.05, 0) is 35.0 Å². The van der Waals surface area contributed by atoms with Crippen LogP contribution in [0.1, 0.15) is 16.8 Å². The predicted molar refractivity (Wildman–Crippen MR) is 71.4 cm³/mol. The van der Waals surface area contributed by atoms with Crippen LogP contribution in [0.3, 0.4) is 0 Å². The van der Waals surface area contributed by atoms with E-state index in [1.807, 2.05) is 4.68 Å². The summed E-state index contributed by atoms with van der Waals surface area (Å²) in [6.07, 6.45) is 1.01. The second-order valence-corrected chi connectivity index (χ2v) is 5.14. The van der Waals surface area contributed by atoms with Gasteiger partial charge in [-0.15, -0.1) is 0 Å². The Labute approximate surface area is 109 Å². The van der Waals surface area contributed by atoms with Crippen molar-refractivity contribution >= 4 is 15.9 Å². The van der Waals surface area contributed by atoms with Crippen LogP contribution in [0.4, 0.5) is 0 Å². The number of rotatable bonds is 1. The van der Waals surface area contributed by atoms with E-state index in [4.69, 9.17) is 0 Å². The molecule has 1 N–H and O–H groups in total. The van der Waals surface area contributed by atoms with Crippen LogP contribution < -0.4 is 5.32 Å². The molecule has 1 aliphatic rings. The van der Waals surface area contributed by atoms with Crippen LogP contribution in [0, 0.1) is 6.92 Å². The smallest absolute Gasteiger partial charge is 0.114 e. The molecule has 0 saturated carbocycles. The monoisotopic (exact) mass is 291 g/mol. The van der Waals surface area contributed by atoms with Gasteiger partial charge in [0.2, 0.25) is 0 Å². The minimum Gasteiger partial charge on any atom is -0.312 e. The number of aromatic nitrogens is 2. The number of benzene rings is 1. The summed E-state index contributed by atoms with van der Waals surface area (Å²) in [4.78, 5) is 0. The summed E-state index contributed by atoms with van der Waals surface area (Å²) >= 11 is 3.65. The van der Waals surface area contributed by atoms with Gasteiger partial charge >= 0.3 is 0 Å². The van der Waals surface area contributed by atoms with Gasteiger partial charge in [-0.3, -0.25) is 0 Å². The fourth-order valence-electron chi connectivity index (χ4n) is 2.12. The molecule has 0 amide bonds. The highest BCUT2D eigenvalue weighted by Gasteiger charge is 2.19. The number of aryl methyl sites for hydroxylation is 1. The van der Waals surface area contributed by atoms with Crippen molar-refractivity contribution in [1.29, 1.82) is 0 Å². The molecular formula is C13H14BrN3. The number of halogens is 1. The normalized spacial score (nSPS) is 14.7. The zero-order valence-corrected chi connectivity index (χ0v) is 11.3. The van der Waals surface area contributed by atoms with Gasteiger partial charge in [-0.2, -0.15) is 5.10 Å². The first-order valence-electron chi connectivity index (χ1n) is 5.80. The molecule has 3 rings (SSSR count). The zero-order valence-electron chi connectivity index (χ0n) is 9.70. The highest BCUT2D eigenvalue weighted by atomic mass is 79.9. The van der Waals surface area contributed by atoms with Crippen LogP contribution >= 0.6 is 15.9 Å². The SMILES string of the molecule is Cc1ccc(-n2nc3c(c2Br)CNCC3)cc1. The lowest BCUT2D eigenvalue weighted by Gasteiger charge is -2.10. The highest BCUT2D eigenvalue weighted by Crippen LogP contribution is 2.26. The van der Waals surface area contributed by atoms with Crippen LogP contribution in [-0.4, -0.2) is 16.3 Å². The Bertz CT molecular complexity index is 543. The summed E-state index contributed by atoms with van der Waals surface area (Å²) in [6, 6.07) is 8.43. The molecule has 3 nitrogen and oxygen atoms in total. The third-order valence-corrected chi connectivity index (χ3v) is 3.94. The quantitative estimate of drug-likeness (QED) is 0.875. The first-order chi connectivity index (χ1) is 8.25. The molecule has 0 bridgehead atoms. The van der Waals surface area contributed by atoms with Crippen molar-refractivity contribution in [3.05, 3.63) is 45.7 Å². The van der Waals surface area contributed by atoms with Gasteiger partial charge < -0.3 is 5.32 Å². The first kappa shape index (κ1) is 11.0. The molecular weight excluding hydrogens is 278 g/mol. The summed E-state index contributed by atoms with van der Waals surface area (Å²) in [7, 11) is 0. The second-order valence-electron chi connectivity index (χ2n) is 4.39. The van der Waals surface area contributed by atoms with E-state index in [9.17, 15) is 0 Å². The number of hydrogen-bond donors (Lipinski definition) is 1. The molecule has 0 radical (unpaired) electrons. The van der Waals surface area contributed by atoms with Crippen LogP contribution in [-0.2, 0) is 13.0 Å². The van der Waals surface area contributed by atoms with E-state index in [1.165, 1.54) is 16.8 Å². The topological polar surface area (TPSA) is 29.9 Å². The van der Waals surface area contributed by atoms with E-state index in [2.05, 4.69) is 57.5 Å². The third-order valence-electron chi connectivity index (χ3n) is 3.12. The van der Waals surface area contributed by atoms with Gasteiger partial charge in [0, 0.05) is 25.1 Å². The number of nitrogens with one attached hydrogen (secondary N) is 1. The molecule has 1 aliphatic heterocycles. The largest absolute Gasteiger partial charge is 0.312 e. The maximum Gasteiger partial charge on any atom is 0.114 e. The van der Waals surface area contributed by atoms with E-state index in [-0.39, 0.29) is 0 Å². The fraction of sp³-hybridized carbons (Fsp3) is 0.308. The maximum atomic E-state index is 4.68. The molecule has 4 heteroatoms. The second kappa shape index (κ2) is 4.27. The van der Waals surface area contributed by atoms with Crippen LogP contribution in [0.15, 0.2) is 28.9 Å². The van der Waals surface area contributed by atoms with Gasteiger partial charge in [0.05, 0.1) is 11.4 Å². The molecule has 1 aromatic heterocycles. The van der Waals surface area contributed by atoms with Gasteiger partial charge in [0.25, 0.3) is 0 Å². The van der Waals surface area contributed by atoms with E-state index < -0.39 is 0 Å².